The van der Waals surface area contributed by atoms with E-state index >= 15 is 0 Å². The van der Waals surface area contributed by atoms with Gasteiger partial charge in [0, 0.05) is 23.9 Å². The van der Waals surface area contributed by atoms with E-state index in [0.717, 1.165) is 16.8 Å². The van der Waals surface area contributed by atoms with E-state index in [1.807, 2.05) is 18.2 Å². The molecule has 0 spiro atoms. The number of ether oxygens (including phenoxy) is 1. The van der Waals surface area contributed by atoms with Gasteiger partial charge in [0.05, 0.1) is 25.2 Å². The number of furan rings is 1. The highest BCUT2D eigenvalue weighted by atomic mass is 16.5. The van der Waals surface area contributed by atoms with E-state index in [0.29, 0.717) is 6.61 Å². The summed E-state index contributed by atoms with van der Waals surface area (Å²) in [5.74, 6) is 0. The molecule has 0 aliphatic rings. The van der Waals surface area contributed by atoms with Gasteiger partial charge in [0.1, 0.15) is 0 Å². The summed E-state index contributed by atoms with van der Waals surface area (Å²) in [5, 5.41) is 3.46. The maximum absolute atomic E-state index is 5.18. The normalized spacial score (nSPS) is 12.4. The van der Waals surface area contributed by atoms with Crippen molar-refractivity contribution in [2.24, 2.45) is 0 Å². The van der Waals surface area contributed by atoms with Gasteiger partial charge in [-0.1, -0.05) is 18.2 Å². The van der Waals surface area contributed by atoms with Crippen molar-refractivity contribution in [2.75, 3.05) is 12.4 Å². The zero-order chi connectivity index (χ0) is 12.1. The number of hydrogen-bond acceptors (Lipinski definition) is 3. The van der Waals surface area contributed by atoms with E-state index in [1.165, 1.54) is 0 Å². The van der Waals surface area contributed by atoms with Gasteiger partial charge in [-0.05, 0) is 19.1 Å². The Hall–Kier alpha value is -1.74. The Morgan fingerprint density at radius 1 is 1.29 bits per heavy atom. The lowest BCUT2D eigenvalue weighted by molar-refractivity contribution is 0.185. The molecule has 90 valence electrons. The molecular weight excluding hydrogens is 214 g/mol. The summed E-state index contributed by atoms with van der Waals surface area (Å²) in [6, 6.07) is 10.3. The van der Waals surface area contributed by atoms with Crippen LogP contribution < -0.4 is 5.32 Å². The Bertz CT molecular complexity index is 451. The fourth-order valence-corrected chi connectivity index (χ4v) is 1.78. The van der Waals surface area contributed by atoms with Gasteiger partial charge in [-0.2, -0.15) is 0 Å². The zero-order valence-electron chi connectivity index (χ0n) is 10.1. The summed E-state index contributed by atoms with van der Waals surface area (Å²) < 4.78 is 10.3. The Morgan fingerprint density at radius 2 is 2.12 bits per heavy atom. The van der Waals surface area contributed by atoms with Crippen molar-refractivity contribution >= 4 is 5.69 Å². The van der Waals surface area contributed by atoms with Crippen LogP contribution in [0.1, 0.15) is 24.1 Å². The van der Waals surface area contributed by atoms with Gasteiger partial charge in [0.2, 0.25) is 0 Å². The zero-order valence-corrected chi connectivity index (χ0v) is 10.1. The van der Waals surface area contributed by atoms with Gasteiger partial charge >= 0.3 is 0 Å². The van der Waals surface area contributed by atoms with Crippen LogP contribution in [-0.2, 0) is 11.3 Å². The third-order valence-corrected chi connectivity index (χ3v) is 2.73. The van der Waals surface area contributed by atoms with Crippen LogP contribution >= 0.6 is 0 Å². The molecule has 0 saturated carbocycles. The lowest BCUT2D eigenvalue weighted by Crippen LogP contribution is -2.07. The molecule has 3 nitrogen and oxygen atoms in total. The topological polar surface area (TPSA) is 34.4 Å². The standard InChI is InChI=1S/C14H17NO2/c1-11(12-7-8-17-10-12)15-14-6-4-3-5-13(14)9-16-2/h3-8,10-11,15H,9H2,1-2H3. The fraction of sp³-hybridized carbons (Fsp3) is 0.286. The second-order valence-corrected chi connectivity index (χ2v) is 4.01. The number of methoxy groups -OCH3 is 1. The summed E-state index contributed by atoms with van der Waals surface area (Å²) in [7, 11) is 1.70. The first-order valence-electron chi connectivity index (χ1n) is 5.66. The first-order valence-corrected chi connectivity index (χ1v) is 5.66. The first-order chi connectivity index (χ1) is 8.31. The van der Waals surface area contributed by atoms with Crippen LogP contribution in [0, 0.1) is 0 Å². The number of benzene rings is 1. The Morgan fingerprint density at radius 3 is 2.82 bits per heavy atom. The monoisotopic (exact) mass is 231 g/mol. The molecule has 1 unspecified atom stereocenters. The van der Waals surface area contributed by atoms with Gasteiger partial charge < -0.3 is 14.5 Å². The Balaban J connectivity index is 2.12. The average molecular weight is 231 g/mol. The van der Waals surface area contributed by atoms with Crippen molar-refractivity contribution in [3.63, 3.8) is 0 Å². The summed E-state index contributed by atoms with van der Waals surface area (Å²) >= 11 is 0. The summed E-state index contributed by atoms with van der Waals surface area (Å²) in [5.41, 5.74) is 3.39. The number of hydrogen-bond donors (Lipinski definition) is 1. The minimum absolute atomic E-state index is 0.215. The molecule has 3 heteroatoms. The highest BCUT2D eigenvalue weighted by molar-refractivity contribution is 5.52. The second-order valence-electron chi connectivity index (χ2n) is 4.01. The fourth-order valence-electron chi connectivity index (χ4n) is 1.78. The number of para-hydroxylation sites is 1. The minimum Gasteiger partial charge on any atom is -0.472 e. The molecular formula is C14H17NO2. The molecule has 0 amide bonds. The molecule has 1 aromatic heterocycles. The van der Waals surface area contributed by atoms with Crippen molar-refractivity contribution in [1.29, 1.82) is 0 Å². The molecule has 0 radical (unpaired) electrons. The van der Waals surface area contributed by atoms with Crippen LogP contribution in [0.25, 0.3) is 0 Å². The number of nitrogens with one attached hydrogen (secondary N) is 1. The van der Waals surface area contributed by atoms with E-state index in [9.17, 15) is 0 Å². The second kappa shape index (κ2) is 5.55. The highest BCUT2D eigenvalue weighted by Gasteiger charge is 2.08. The van der Waals surface area contributed by atoms with E-state index in [-0.39, 0.29) is 6.04 Å². The Kier molecular flexibility index (Phi) is 3.83. The molecule has 0 aliphatic carbocycles. The first kappa shape index (κ1) is 11.7. The molecule has 1 heterocycles. The largest absolute Gasteiger partial charge is 0.472 e. The lowest BCUT2D eigenvalue weighted by atomic mass is 10.1. The minimum atomic E-state index is 0.215. The van der Waals surface area contributed by atoms with Gasteiger partial charge in [0.15, 0.2) is 0 Å². The van der Waals surface area contributed by atoms with Gasteiger partial charge in [-0.25, -0.2) is 0 Å². The average Bonchev–Trinajstić information content (AvgIpc) is 2.85. The maximum atomic E-state index is 5.18. The molecule has 1 N–H and O–H groups in total. The van der Waals surface area contributed by atoms with E-state index < -0.39 is 0 Å². The summed E-state index contributed by atoms with van der Waals surface area (Å²) in [6.07, 6.45) is 3.45. The van der Waals surface area contributed by atoms with Gasteiger partial charge in [0.25, 0.3) is 0 Å². The molecule has 0 fully saturated rings. The van der Waals surface area contributed by atoms with Crippen LogP contribution in [0.3, 0.4) is 0 Å². The Labute approximate surface area is 101 Å². The van der Waals surface area contributed by atoms with E-state index in [2.05, 4.69) is 24.4 Å². The molecule has 0 bridgehead atoms. The van der Waals surface area contributed by atoms with Gasteiger partial charge in [-0.3, -0.25) is 0 Å². The smallest absolute Gasteiger partial charge is 0.0955 e. The number of anilines is 1. The van der Waals surface area contributed by atoms with Crippen molar-refractivity contribution in [2.45, 2.75) is 19.6 Å². The maximum Gasteiger partial charge on any atom is 0.0955 e. The predicted octanol–water partition coefficient (Wildman–Crippen LogP) is 3.60. The van der Waals surface area contributed by atoms with Crippen LogP contribution in [-0.4, -0.2) is 7.11 Å². The van der Waals surface area contributed by atoms with Crippen molar-refractivity contribution < 1.29 is 9.15 Å². The quantitative estimate of drug-likeness (QED) is 0.853. The molecule has 2 aromatic rings. The molecule has 17 heavy (non-hydrogen) atoms. The lowest BCUT2D eigenvalue weighted by Gasteiger charge is -2.16. The van der Waals surface area contributed by atoms with Crippen molar-refractivity contribution in [1.82, 2.24) is 0 Å². The van der Waals surface area contributed by atoms with Crippen molar-refractivity contribution in [3.8, 4) is 0 Å². The third-order valence-electron chi connectivity index (χ3n) is 2.73. The predicted molar refractivity (Wildman–Crippen MR) is 67.9 cm³/mol. The van der Waals surface area contributed by atoms with Crippen LogP contribution in [0.2, 0.25) is 0 Å². The van der Waals surface area contributed by atoms with E-state index in [4.69, 9.17) is 9.15 Å². The SMILES string of the molecule is COCc1ccccc1NC(C)c1ccoc1. The van der Waals surface area contributed by atoms with Gasteiger partial charge in [-0.15, -0.1) is 0 Å². The molecule has 1 atom stereocenters. The van der Waals surface area contributed by atoms with Crippen LogP contribution in [0.15, 0.2) is 47.3 Å². The summed E-state index contributed by atoms with van der Waals surface area (Å²) in [6.45, 7) is 2.72. The summed E-state index contributed by atoms with van der Waals surface area (Å²) in [4.78, 5) is 0. The van der Waals surface area contributed by atoms with Crippen LogP contribution in [0.5, 0.6) is 0 Å². The number of rotatable bonds is 5. The van der Waals surface area contributed by atoms with Crippen molar-refractivity contribution in [3.05, 3.63) is 54.0 Å². The third kappa shape index (κ3) is 2.88. The van der Waals surface area contributed by atoms with Crippen LogP contribution in [0.4, 0.5) is 5.69 Å². The molecule has 0 aliphatic heterocycles. The highest BCUT2D eigenvalue weighted by Crippen LogP contribution is 2.23. The molecule has 1 aromatic carbocycles. The molecule has 2 rings (SSSR count). The molecule has 0 saturated heterocycles. The van der Waals surface area contributed by atoms with E-state index in [1.54, 1.807) is 19.6 Å².